The van der Waals surface area contributed by atoms with Crippen LogP contribution in [-0.4, -0.2) is 18.4 Å². The summed E-state index contributed by atoms with van der Waals surface area (Å²) < 4.78 is 5.76. The van der Waals surface area contributed by atoms with Crippen molar-refractivity contribution in [3.8, 4) is 5.75 Å². The third-order valence-electron chi connectivity index (χ3n) is 4.54. The summed E-state index contributed by atoms with van der Waals surface area (Å²) in [4.78, 5) is 25.9. The van der Waals surface area contributed by atoms with E-state index in [0.717, 1.165) is 16.9 Å². The van der Waals surface area contributed by atoms with E-state index in [-0.39, 0.29) is 12.2 Å². The molecule has 0 atom stereocenters. The van der Waals surface area contributed by atoms with Crippen molar-refractivity contribution in [2.45, 2.75) is 0 Å². The number of rotatable bonds is 5. The van der Waals surface area contributed by atoms with E-state index in [4.69, 9.17) is 4.74 Å². The summed E-state index contributed by atoms with van der Waals surface area (Å²) in [5.41, 5.74) is 2.86. The minimum Gasteiger partial charge on any atom is -0.488 e. The summed E-state index contributed by atoms with van der Waals surface area (Å²) in [5, 5.41) is 5.56. The molecule has 0 aromatic heterocycles. The van der Waals surface area contributed by atoms with Crippen LogP contribution in [0.15, 0.2) is 102 Å². The average molecular weight is 396 g/mol. The first kappa shape index (κ1) is 19.2. The summed E-state index contributed by atoms with van der Waals surface area (Å²) >= 11 is 0. The van der Waals surface area contributed by atoms with Crippen molar-refractivity contribution in [1.82, 2.24) is 0 Å². The Labute approximate surface area is 174 Å². The summed E-state index contributed by atoms with van der Waals surface area (Å²) in [6.45, 7) is 0.276. The maximum absolute atomic E-state index is 13.0. The highest BCUT2D eigenvalue weighted by atomic mass is 16.5. The molecule has 3 aromatic carbocycles. The average Bonchev–Trinajstić information content (AvgIpc) is 2.78. The van der Waals surface area contributed by atoms with Crippen LogP contribution in [0.3, 0.4) is 0 Å². The zero-order chi connectivity index (χ0) is 20.8. The fourth-order valence-corrected chi connectivity index (χ4v) is 3.08. The predicted octanol–water partition coefficient (Wildman–Crippen LogP) is 4.67. The smallest absolute Gasteiger partial charge is 0.261 e. The fourth-order valence-electron chi connectivity index (χ4n) is 3.08. The van der Waals surface area contributed by atoms with E-state index in [1.54, 1.807) is 30.3 Å². The highest BCUT2D eigenvalue weighted by Crippen LogP contribution is 2.27. The molecule has 148 valence electrons. The van der Waals surface area contributed by atoms with E-state index in [0.29, 0.717) is 11.4 Å². The molecule has 3 aromatic rings. The van der Waals surface area contributed by atoms with Crippen molar-refractivity contribution < 1.29 is 14.3 Å². The van der Waals surface area contributed by atoms with Gasteiger partial charge >= 0.3 is 0 Å². The number of ether oxygens (including phenoxy) is 1. The molecule has 0 aliphatic carbocycles. The van der Waals surface area contributed by atoms with Gasteiger partial charge in [0.05, 0.1) is 0 Å². The Morgan fingerprint density at radius 2 is 1.27 bits per heavy atom. The Morgan fingerprint density at radius 1 is 0.733 bits per heavy atom. The number of anilines is 2. The summed E-state index contributed by atoms with van der Waals surface area (Å²) in [5.74, 6) is -0.206. The number of amides is 2. The molecule has 2 amide bonds. The highest BCUT2D eigenvalue weighted by molar-refractivity contribution is 6.26. The number of fused-ring (bicyclic) bond motifs is 1. The molecule has 1 aliphatic heterocycles. The van der Waals surface area contributed by atoms with Gasteiger partial charge in [-0.1, -0.05) is 54.6 Å². The quantitative estimate of drug-likeness (QED) is 0.374. The topological polar surface area (TPSA) is 67.4 Å². The Hall–Kier alpha value is -4.12. The van der Waals surface area contributed by atoms with Crippen molar-refractivity contribution in [3.05, 3.63) is 108 Å². The number of carbonyl (C=O) groups excluding carboxylic acids is 2. The molecule has 5 heteroatoms. The molecule has 0 bridgehead atoms. The van der Waals surface area contributed by atoms with Gasteiger partial charge in [-0.05, 0) is 48.1 Å². The Kier molecular flexibility index (Phi) is 5.71. The standard InChI is InChI=1S/C25H20N2O3/c28-24(26-20-10-3-1-4-11-20)22(25(29)27-21-12-5-2-6-13-21)16-18-15-19-9-7-8-14-23(19)30-17-18/h1-16H,17H2,(H,26,28)(H,27,29). The minimum atomic E-state index is -0.491. The van der Waals surface area contributed by atoms with Crippen LogP contribution in [-0.2, 0) is 9.59 Å². The van der Waals surface area contributed by atoms with Crippen LogP contribution >= 0.6 is 0 Å². The van der Waals surface area contributed by atoms with Crippen LogP contribution in [0.1, 0.15) is 5.56 Å². The number of para-hydroxylation sites is 3. The second-order valence-corrected chi connectivity index (χ2v) is 6.74. The lowest BCUT2D eigenvalue weighted by Gasteiger charge is -2.17. The van der Waals surface area contributed by atoms with E-state index in [2.05, 4.69) is 10.6 Å². The van der Waals surface area contributed by atoms with E-state index in [9.17, 15) is 9.59 Å². The summed E-state index contributed by atoms with van der Waals surface area (Å²) in [7, 11) is 0. The van der Waals surface area contributed by atoms with Gasteiger partial charge in [0.25, 0.3) is 11.8 Å². The van der Waals surface area contributed by atoms with Gasteiger partial charge in [0.1, 0.15) is 17.9 Å². The Morgan fingerprint density at radius 3 is 1.87 bits per heavy atom. The number of nitrogens with one attached hydrogen (secondary N) is 2. The van der Waals surface area contributed by atoms with Crippen LogP contribution in [0.2, 0.25) is 0 Å². The van der Waals surface area contributed by atoms with Gasteiger partial charge in [-0.2, -0.15) is 0 Å². The predicted molar refractivity (Wildman–Crippen MR) is 118 cm³/mol. The zero-order valence-corrected chi connectivity index (χ0v) is 16.2. The Bertz CT molecular complexity index is 1060. The summed E-state index contributed by atoms with van der Waals surface area (Å²) in [6, 6.07) is 25.7. The molecule has 5 nitrogen and oxygen atoms in total. The van der Waals surface area contributed by atoms with E-state index < -0.39 is 11.8 Å². The first-order valence-corrected chi connectivity index (χ1v) is 9.56. The lowest BCUT2D eigenvalue weighted by Crippen LogP contribution is -2.26. The Balaban J connectivity index is 1.64. The molecule has 0 fully saturated rings. The van der Waals surface area contributed by atoms with Crippen molar-refractivity contribution in [3.63, 3.8) is 0 Å². The van der Waals surface area contributed by atoms with E-state index in [1.807, 2.05) is 66.7 Å². The third-order valence-corrected chi connectivity index (χ3v) is 4.54. The van der Waals surface area contributed by atoms with Gasteiger partial charge in [-0.25, -0.2) is 0 Å². The van der Waals surface area contributed by atoms with Crippen LogP contribution in [0.25, 0.3) is 6.08 Å². The molecule has 0 saturated heterocycles. The first-order chi connectivity index (χ1) is 14.7. The van der Waals surface area contributed by atoms with Gasteiger partial charge in [0.2, 0.25) is 0 Å². The summed E-state index contributed by atoms with van der Waals surface area (Å²) in [6.07, 6.45) is 3.50. The number of hydrogen-bond acceptors (Lipinski definition) is 3. The van der Waals surface area contributed by atoms with E-state index >= 15 is 0 Å². The van der Waals surface area contributed by atoms with E-state index in [1.165, 1.54) is 0 Å². The van der Waals surface area contributed by atoms with Crippen LogP contribution in [0.5, 0.6) is 5.75 Å². The normalized spacial score (nSPS) is 11.9. The van der Waals surface area contributed by atoms with Crippen LogP contribution in [0, 0.1) is 0 Å². The van der Waals surface area contributed by atoms with Gasteiger partial charge in [-0.3, -0.25) is 9.59 Å². The molecule has 0 spiro atoms. The molecule has 4 rings (SSSR count). The van der Waals surface area contributed by atoms with Crippen LogP contribution < -0.4 is 15.4 Å². The molecule has 0 saturated carbocycles. The van der Waals surface area contributed by atoms with Crippen molar-refractivity contribution in [2.75, 3.05) is 17.2 Å². The lowest BCUT2D eigenvalue weighted by atomic mass is 10.0. The zero-order valence-electron chi connectivity index (χ0n) is 16.2. The van der Waals surface area contributed by atoms with Gasteiger partial charge in [0, 0.05) is 16.9 Å². The maximum atomic E-state index is 13.0. The van der Waals surface area contributed by atoms with Gasteiger partial charge in [-0.15, -0.1) is 0 Å². The molecule has 1 aliphatic rings. The SMILES string of the molecule is O=C(Nc1ccccc1)C(=CC1=Cc2ccccc2OC1)C(=O)Nc1ccccc1. The lowest BCUT2D eigenvalue weighted by molar-refractivity contribution is -0.118. The van der Waals surface area contributed by atoms with Crippen molar-refractivity contribution in [2.24, 2.45) is 0 Å². The molecule has 0 unspecified atom stereocenters. The van der Waals surface area contributed by atoms with Crippen molar-refractivity contribution >= 4 is 29.3 Å². The second-order valence-electron chi connectivity index (χ2n) is 6.74. The molecule has 1 heterocycles. The number of carbonyl (C=O) groups is 2. The fraction of sp³-hybridized carbons (Fsp3) is 0.0400. The minimum absolute atomic E-state index is 0.00284. The molecule has 2 N–H and O–H groups in total. The van der Waals surface area contributed by atoms with Gasteiger partial charge in [0.15, 0.2) is 0 Å². The maximum Gasteiger partial charge on any atom is 0.261 e. The highest BCUT2D eigenvalue weighted by Gasteiger charge is 2.21. The van der Waals surface area contributed by atoms with Gasteiger partial charge < -0.3 is 15.4 Å². The first-order valence-electron chi connectivity index (χ1n) is 9.56. The van der Waals surface area contributed by atoms with Crippen molar-refractivity contribution in [1.29, 1.82) is 0 Å². The second kappa shape index (κ2) is 8.92. The molecule has 30 heavy (non-hydrogen) atoms. The van der Waals surface area contributed by atoms with Crippen LogP contribution in [0.4, 0.5) is 11.4 Å². The number of benzene rings is 3. The largest absolute Gasteiger partial charge is 0.488 e. The monoisotopic (exact) mass is 396 g/mol. The molecule has 0 radical (unpaired) electrons. The number of hydrogen-bond donors (Lipinski definition) is 2. The molecular formula is C25H20N2O3. The third kappa shape index (κ3) is 4.64. The molecular weight excluding hydrogens is 376 g/mol.